The summed E-state index contributed by atoms with van der Waals surface area (Å²) >= 11 is 2.52. The molecule has 3 aliphatic heterocycles. The number of fused-ring (bicyclic) bond motifs is 3. The van der Waals surface area contributed by atoms with Gasteiger partial charge in [0.05, 0.1) is 10.5 Å². The van der Waals surface area contributed by atoms with Gasteiger partial charge in [0.1, 0.15) is 29.9 Å². The monoisotopic (exact) mass is 671 g/mol. The number of halogens is 2. The number of ether oxygens (including phenoxy) is 3. The number of hydrogen-bond acceptors (Lipinski definition) is 5. The van der Waals surface area contributed by atoms with Crippen molar-refractivity contribution in [3.63, 3.8) is 0 Å². The predicted octanol–water partition coefficient (Wildman–Crippen LogP) is 0.749. The molecule has 0 saturated carbocycles. The number of hydrogen-bond donors (Lipinski definition) is 1. The van der Waals surface area contributed by atoms with E-state index in [4.69, 9.17) is 14.2 Å². The predicted molar refractivity (Wildman–Crippen MR) is 126 cm³/mol. The molecule has 8 atom stereocenters. The van der Waals surface area contributed by atoms with E-state index in [1.165, 1.54) is 5.56 Å². The third-order valence-corrected chi connectivity index (χ3v) is 8.44. The summed E-state index contributed by atoms with van der Waals surface area (Å²) in [5.41, 5.74) is 0.521. The van der Waals surface area contributed by atoms with Crippen LogP contribution in [0.25, 0.3) is 0 Å². The zero-order valence-corrected chi connectivity index (χ0v) is 23.9. The number of carbonyl (C=O) groups is 1. The van der Waals surface area contributed by atoms with Crippen molar-refractivity contribution >= 4 is 28.6 Å². The normalized spacial score (nSPS) is 37.2. The van der Waals surface area contributed by atoms with E-state index in [0.717, 1.165) is 13.0 Å². The number of aliphatic hydroxyl groups is 1. The van der Waals surface area contributed by atoms with E-state index in [1.807, 2.05) is 52.8 Å². The lowest BCUT2D eigenvalue weighted by molar-refractivity contribution is -0.981. The number of quaternary nitrogens is 1. The van der Waals surface area contributed by atoms with Crippen molar-refractivity contribution in [1.82, 2.24) is 0 Å². The van der Waals surface area contributed by atoms with Crippen molar-refractivity contribution in [2.45, 2.75) is 99.7 Å². The van der Waals surface area contributed by atoms with Crippen LogP contribution in [0.2, 0.25) is 0 Å². The Bertz CT molecular complexity index is 829. The number of benzene rings is 1. The molecule has 3 saturated heterocycles. The van der Waals surface area contributed by atoms with Crippen LogP contribution < -0.4 is 24.0 Å². The van der Waals surface area contributed by atoms with E-state index in [0.29, 0.717) is 8.41 Å². The molecule has 180 valence electrons. The Hall–Kier alpha value is -0.0100. The fraction of sp³-hybridized carbons (Fsp3) is 0.708. The van der Waals surface area contributed by atoms with Gasteiger partial charge in [-0.2, -0.15) is 0 Å². The number of aliphatic hydroxyl groups excluding tert-OH is 1. The van der Waals surface area contributed by atoms with E-state index < -0.39 is 29.5 Å². The van der Waals surface area contributed by atoms with E-state index in [2.05, 4.69) is 41.6 Å². The van der Waals surface area contributed by atoms with E-state index >= 15 is 0 Å². The second-order valence-electron chi connectivity index (χ2n) is 10.6. The zero-order chi connectivity index (χ0) is 22.8. The highest BCUT2D eigenvalue weighted by Gasteiger charge is 2.74. The number of rotatable bonds is 4. The summed E-state index contributed by atoms with van der Waals surface area (Å²) in [6, 6.07) is 10.1. The topological polar surface area (TPSA) is 65.0 Å². The minimum Gasteiger partial charge on any atom is -1.00 e. The van der Waals surface area contributed by atoms with Gasteiger partial charge in [0, 0.05) is 12.0 Å². The Balaban J connectivity index is 0.00000289. The van der Waals surface area contributed by atoms with Gasteiger partial charge in [-0.1, -0.05) is 52.9 Å². The average molecular weight is 671 g/mol. The van der Waals surface area contributed by atoms with Crippen LogP contribution in [0.4, 0.5) is 0 Å². The van der Waals surface area contributed by atoms with Gasteiger partial charge in [-0.05, 0) is 41.5 Å². The SMILES string of the molecule is C[C@H](c1ccccc1)[N@@+]12CC[C@H](I)[C@@H]1[C@H]1OC(C)(C)O[C@H]1[C@@H]2[C@@H](O)C(=O)OC(C)(C)C.[I-]. The molecule has 0 aromatic heterocycles. The highest BCUT2D eigenvalue weighted by atomic mass is 127. The van der Waals surface area contributed by atoms with E-state index in [9.17, 15) is 9.90 Å². The van der Waals surface area contributed by atoms with Gasteiger partial charge < -0.3 is 47.8 Å². The van der Waals surface area contributed by atoms with Crippen molar-refractivity contribution < 1.29 is 52.6 Å². The molecule has 32 heavy (non-hydrogen) atoms. The zero-order valence-electron chi connectivity index (χ0n) is 19.6. The first-order chi connectivity index (χ1) is 14.4. The van der Waals surface area contributed by atoms with Crippen LogP contribution in [-0.2, 0) is 19.0 Å². The van der Waals surface area contributed by atoms with Gasteiger partial charge in [0.15, 0.2) is 11.8 Å². The maximum Gasteiger partial charge on any atom is 0.341 e. The molecule has 3 aliphatic rings. The fourth-order valence-corrected chi connectivity index (χ4v) is 7.36. The lowest BCUT2D eigenvalue weighted by atomic mass is 9.97. The summed E-state index contributed by atoms with van der Waals surface area (Å²) in [5.74, 6) is -1.33. The third kappa shape index (κ3) is 4.48. The largest absolute Gasteiger partial charge is 1.00 e. The van der Waals surface area contributed by atoms with Gasteiger partial charge in [-0.15, -0.1) is 0 Å². The van der Waals surface area contributed by atoms with Crippen LogP contribution in [0, 0.1) is 0 Å². The Morgan fingerprint density at radius 1 is 1.22 bits per heavy atom. The van der Waals surface area contributed by atoms with Crippen molar-refractivity contribution in [3.05, 3.63) is 35.9 Å². The highest BCUT2D eigenvalue weighted by molar-refractivity contribution is 14.1. The summed E-state index contributed by atoms with van der Waals surface area (Å²) in [6.45, 7) is 12.4. The molecule has 6 nitrogen and oxygen atoms in total. The highest BCUT2D eigenvalue weighted by Crippen LogP contribution is 2.56. The molecule has 3 fully saturated rings. The van der Waals surface area contributed by atoms with E-state index in [-0.39, 0.29) is 48.3 Å². The Morgan fingerprint density at radius 3 is 2.41 bits per heavy atom. The van der Waals surface area contributed by atoms with Crippen molar-refractivity contribution in [2.75, 3.05) is 6.54 Å². The molecule has 1 aromatic carbocycles. The molecule has 0 spiro atoms. The van der Waals surface area contributed by atoms with Crippen LogP contribution in [0.15, 0.2) is 30.3 Å². The van der Waals surface area contributed by atoms with Gasteiger partial charge in [0.25, 0.3) is 0 Å². The molecule has 4 rings (SSSR count). The quantitative estimate of drug-likeness (QED) is 0.222. The number of nitrogens with zero attached hydrogens (tertiary/aromatic N) is 1. The first kappa shape index (κ1) is 26.6. The molecular formula is C24H35I2NO5. The summed E-state index contributed by atoms with van der Waals surface area (Å²) in [4.78, 5) is 13.1. The smallest absolute Gasteiger partial charge is 0.341 e. The van der Waals surface area contributed by atoms with Crippen molar-refractivity contribution in [2.24, 2.45) is 0 Å². The Labute approximate surface area is 222 Å². The second-order valence-corrected chi connectivity index (χ2v) is 12.2. The number of alkyl halides is 1. The number of carbonyl (C=O) groups excluding carboxylic acids is 1. The number of esters is 1. The minimum absolute atomic E-state index is 0. The first-order valence-electron chi connectivity index (χ1n) is 11.2. The Morgan fingerprint density at radius 2 is 1.81 bits per heavy atom. The molecule has 0 bridgehead atoms. The molecule has 1 aromatic rings. The van der Waals surface area contributed by atoms with Crippen LogP contribution in [0.3, 0.4) is 0 Å². The molecule has 0 amide bonds. The molecule has 0 aliphatic carbocycles. The van der Waals surface area contributed by atoms with Gasteiger partial charge in [-0.25, -0.2) is 4.79 Å². The standard InChI is InChI=1S/C24H35INO5.HI/c1-14(15-10-8-7-9-11-15)26-13-12-16(25)17(26)20-21(30-24(5,6)29-20)18(26)19(27)22(28)31-23(2,3)4;/h7-11,14,16-21,27H,12-13H2,1-6H3;1H/q+1;/p-1/t14-,16+,17-,18+,19-,20-,21+,26+;/m1./s1. The van der Waals surface area contributed by atoms with E-state index in [1.54, 1.807) is 0 Å². The van der Waals surface area contributed by atoms with Gasteiger partial charge in [-0.3, -0.25) is 0 Å². The van der Waals surface area contributed by atoms with Gasteiger partial charge in [0.2, 0.25) is 6.10 Å². The lowest BCUT2D eigenvalue weighted by Crippen LogP contribution is -3.00. The Kier molecular flexibility index (Phi) is 7.66. The van der Waals surface area contributed by atoms with Crippen LogP contribution >= 0.6 is 22.6 Å². The minimum atomic E-state index is -1.29. The maximum atomic E-state index is 13.1. The molecule has 1 N–H and O–H groups in total. The summed E-state index contributed by atoms with van der Waals surface area (Å²) in [6.07, 6.45) is -0.826. The summed E-state index contributed by atoms with van der Waals surface area (Å²) in [5, 5.41) is 11.5. The molecule has 8 heteroatoms. The van der Waals surface area contributed by atoms with Crippen LogP contribution in [-0.4, -0.2) is 67.8 Å². The molecule has 0 radical (unpaired) electrons. The molecule has 0 unspecified atom stereocenters. The second kappa shape index (κ2) is 9.22. The average Bonchev–Trinajstić information content (AvgIpc) is 3.25. The van der Waals surface area contributed by atoms with Crippen molar-refractivity contribution in [3.8, 4) is 0 Å². The molecule has 3 heterocycles. The summed E-state index contributed by atoms with van der Waals surface area (Å²) < 4.78 is 19.4. The van der Waals surface area contributed by atoms with Crippen LogP contribution in [0.5, 0.6) is 0 Å². The first-order valence-corrected chi connectivity index (χ1v) is 12.4. The van der Waals surface area contributed by atoms with Crippen molar-refractivity contribution in [1.29, 1.82) is 0 Å². The third-order valence-electron chi connectivity index (χ3n) is 7.08. The van der Waals surface area contributed by atoms with Gasteiger partial charge >= 0.3 is 5.97 Å². The lowest BCUT2D eigenvalue weighted by Gasteiger charge is -2.48. The fourth-order valence-electron chi connectivity index (χ4n) is 6.08. The summed E-state index contributed by atoms with van der Waals surface area (Å²) in [7, 11) is 0. The maximum absolute atomic E-state index is 13.1. The van der Waals surface area contributed by atoms with Crippen LogP contribution in [0.1, 0.15) is 59.6 Å². The molecular weight excluding hydrogens is 636 g/mol.